The number of carboxylic acid groups (broad SMARTS) is 1. The van der Waals surface area contributed by atoms with Gasteiger partial charge in [-0.1, -0.05) is 36.4 Å². The summed E-state index contributed by atoms with van der Waals surface area (Å²) in [5.41, 5.74) is -0.196. The van der Waals surface area contributed by atoms with Crippen molar-refractivity contribution in [1.82, 2.24) is 14.9 Å². The second-order valence-corrected chi connectivity index (χ2v) is 7.91. The molecule has 2 heterocycles. The highest BCUT2D eigenvalue weighted by Gasteiger charge is 2.20. The fourth-order valence-corrected chi connectivity index (χ4v) is 3.64. The summed E-state index contributed by atoms with van der Waals surface area (Å²) in [6.07, 6.45) is -0.0258. The van der Waals surface area contributed by atoms with Crippen molar-refractivity contribution in [3.05, 3.63) is 70.0 Å². The van der Waals surface area contributed by atoms with Crippen LogP contribution in [0.5, 0.6) is 0 Å². The molecule has 34 heavy (non-hydrogen) atoms. The van der Waals surface area contributed by atoms with Crippen LogP contribution in [0.1, 0.15) is 12.0 Å². The topological polar surface area (TPSA) is 157 Å². The number of hydrogen-bond acceptors (Lipinski definition) is 8. The van der Waals surface area contributed by atoms with Gasteiger partial charge in [-0.2, -0.15) is 0 Å². The molecule has 3 rings (SSSR count). The van der Waals surface area contributed by atoms with Gasteiger partial charge in [0.25, 0.3) is 5.56 Å². The molecule has 0 bridgehead atoms. The molecule has 11 nitrogen and oxygen atoms in total. The van der Waals surface area contributed by atoms with Crippen molar-refractivity contribution in [2.75, 3.05) is 5.32 Å². The van der Waals surface area contributed by atoms with E-state index in [9.17, 15) is 24.0 Å². The van der Waals surface area contributed by atoms with E-state index in [4.69, 9.17) is 9.84 Å². The molecule has 0 spiro atoms. The number of carbonyl (C=O) groups excluding carboxylic acids is 3. The second kappa shape index (κ2) is 11.5. The van der Waals surface area contributed by atoms with Gasteiger partial charge in [-0.15, -0.1) is 11.3 Å². The van der Waals surface area contributed by atoms with Crippen LogP contribution >= 0.6 is 11.3 Å². The SMILES string of the molecule is O=C[C@H](CC(=O)O)NC(=O)Cn1c(-c2cccs2)ncc(NC(=O)OCc2ccccc2)c1=O. The lowest BCUT2D eigenvalue weighted by Crippen LogP contribution is -2.41. The maximum Gasteiger partial charge on any atom is 0.412 e. The number of thiophene rings is 1. The molecule has 1 atom stereocenters. The molecule has 3 aromatic rings. The number of benzene rings is 1. The van der Waals surface area contributed by atoms with Crippen molar-refractivity contribution in [3.8, 4) is 10.7 Å². The predicted molar refractivity (Wildman–Crippen MR) is 122 cm³/mol. The molecule has 0 saturated carbocycles. The van der Waals surface area contributed by atoms with Gasteiger partial charge in [-0.3, -0.25) is 24.3 Å². The van der Waals surface area contributed by atoms with Crippen LogP contribution in [0.3, 0.4) is 0 Å². The maximum atomic E-state index is 13.1. The Morgan fingerprint density at radius 2 is 1.94 bits per heavy atom. The fourth-order valence-electron chi connectivity index (χ4n) is 2.91. The summed E-state index contributed by atoms with van der Waals surface area (Å²) in [6, 6.07) is 11.1. The Morgan fingerprint density at radius 3 is 2.59 bits per heavy atom. The first-order valence-electron chi connectivity index (χ1n) is 9.95. The van der Waals surface area contributed by atoms with Crippen LogP contribution in [0, 0.1) is 0 Å². The van der Waals surface area contributed by atoms with Gasteiger partial charge < -0.3 is 20.0 Å². The molecule has 0 aliphatic heterocycles. The van der Waals surface area contributed by atoms with Gasteiger partial charge >= 0.3 is 12.1 Å². The molecule has 0 unspecified atom stereocenters. The molecule has 2 amide bonds. The van der Waals surface area contributed by atoms with Gasteiger partial charge in [0.1, 0.15) is 25.1 Å². The largest absolute Gasteiger partial charge is 0.481 e. The number of nitrogens with zero attached hydrogens (tertiary/aromatic N) is 2. The smallest absolute Gasteiger partial charge is 0.412 e. The number of aliphatic carboxylic acids is 1. The Bertz CT molecular complexity index is 1230. The number of nitrogens with one attached hydrogen (secondary N) is 2. The summed E-state index contributed by atoms with van der Waals surface area (Å²) >= 11 is 1.28. The van der Waals surface area contributed by atoms with E-state index in [-0.39, 0.29) is 18.1 Å². The third-order valence-electron chi connectivity index (χ3n) is 4.45. The van der Waals surface area contributed by atoms with Crippen LogP contribution < -0.4 is 16.2 Å². The number of aromatic nitrogens is 2. The average molecular weight is 484 g/mol. The van der Waals surface area contributed by atoms with Crippen molar-refractivity contribution in [2.24, 2.45) is 0 Å². The van der Waals surface area contributed by atoms with Gasteiger partial charge in [0.05, 0.1) is 23.5 Å². The van der Waals surface area contributed by atoms with Crippen LogP contribution in [0.2, 0.25) is 0 Å². The third kappa shape index (κ3) is 6.59. The van der Waals surface area contributed by atoms with E-state index in [0.29, 0.717) is 11.2 Å². The number of rotatable bonds is 10. The minimum Gasteiger partial charge on any atom is -0.481 e. The first-order valence-corrected chi connectivity index (χ1v) is 10.8. The zero-order valence-corrected chi connectivity index (χ0v) is 18.5. The highest BCUT2D eigenvalue weighted by atomic mass is 32.1. The molecule has 0 aliphatic carbocycles. The van der Waals surface area contributed by atoms with E-state index in [1.807, 2.05) is 6.07 Å². The normalized spacial score (nSPS) is 11.3. The highest BCUT2D eigenvalue weighted by molar-refractivity contribution is 7.13. The minimum atomic E-state index is -1.27. The molecular formula is C22H20N4O7S. The van der Waals surface area contributed by atoms with E-state index in [2.05, 4.69) is 15.6 Å². The number of anilines is 1. The lowest BCUT2D eigenvalue weighted by atomic mass is 10.2. The minimum absolute atomic E-state index is 0.0133. The van der Waals surface area contributed by atoms with Gasteiger partial charge in [-0.25, -0.2) is 9.78 Å². The first kappa shape index (κ1) is 24.3. The number of carbonyl (C=O) groups is 4. The molecule has 0 saturated heterocycles. The van der Waals surface area contributed by atoms with E-state index in [1.54, 1.807) is 41.8 Å². The molecule has 0 aliphatic rings. The Balaban J connectivity index is 1.80. The molecule has 12 heteroatoms. The molecule has 0 radical (unpaired) electrons. The highest BCUT2D eigenvalue weighted by Crippen LogP contribution is 2.22. The van der Waals surface area contributed by atoms with Crippen molar-refractivity contribution in [2.45, 2.75) is 25.6 Å². The van der Waals surface area contributed by atoms with Crippen molar-refractivity contribution in [1.29, 1.82) is 0 Å². The zero-order valence-electron chi connectivity index (χ0n) is 17.7. The van der Waals surface area contributed by atoms with Crippen LogP contribution in [0.4, 0.5) is 10.5 Å². The van der Waals surface area contributed by atoms with Crippen LogP contribution in [0.25, 0.3) is 10.7 Å². The second-order valence-electron chi connectivity index (χ2n) is 6.96. The Kier molecular flexibility index (Phi) is 8.24. The molecule has 3 N–H and O–H groups in total. The summed E-state index contributed by atoms with van der Waals surface area (Å²) in [7, 11) is 0. The lowest BCUT2D eigenvalue weighted by Gasteiger charge is -2.15. The first-order chi connectivity index (χ1) is 16.4. The van der Waals surface area contributed by atoms with Crippen molar-refractivity contribution in [3.63, 3.8) is 0 Å². The fraction of sp³-hybridized carbons (Fsp3) is 0.182. The summed E-state index contributed by atoms with van der Waals surface area (Å²) in [4.78, 5) is 64.4. The van der Waals surface area contributed by atoms with Crippen LogP contribution in [-0.2, 0) is 32.3 Å². The number of aldehydes is 1. The summed E-state index contributed by atoms with van der Waals surface area (Å²) < 4.78 is 6.14. The van der Waals surface area contributed by atoms with Crippen LogP contribution in [0.15, 0.2) is 58.8 Å². The van der Waals surface area contributed by atoms with E-state index in [0.717, 1.165) is 16.3 Å². The Hall–Kier alpha value is -4.32. The number of ether oxygens (including phenoxy) is 1. The van der Waals surface area contributed by atoms with Crippen molar-refractivity contribution < 1.29 is 29.0 Å². The number of carboxylic acids is 1. The summed E-state index contributed by atoms with van der Waals surface area (Å²) in [5, 5.41) is 15.2. The van der Waals surface area contributed by atoms with Gasteiger partial charge in [0, 0.05) is 0 Å². The maximum absolute atomic E-state index is 13.1. The molecule has 1 aromatic carbocycles. The van der Waals surface area contributed by atoms with E-state index >= 15 is 0 Å². The van der Waals surface area contributed by atoms with Crippen molar-refractivity contribution >= 4 is 41.3 Å². The quantitative estimate of drug-likeness (QED) is 0.368. The van der Waals surface area contributed by atoms with Crippen LogP contribution in [-0.4, -0.2) is 45.0 Å². The summed E-state index contributed by atoms with van der Waals surface area (Å²) in [5.74, 6) is -1.88. The van der Waals surface area contributed by atoms with Gasteiger partial charge in [-0.05, 0) is 17.0 Å². The average Bonchev–Trinajstić information content (AvgIpc) is 3.35. The predicted octanol–water partition coefficient (Wildman–Crippen LogP) is 1.88. The molecular weight excluding hydrogens is 464 g/mol. The Morgan fingerprint density at radius 1 is 1.18 bits per heavy atom. The number of hydrogen-bond donors (Lipinski definition) is 3. The zero-order chi connectivity index (χ0) is 24.5. The standard InChI is InChI=1S/C22H20N4O7S/c27-12-15(9-19(29)30)24-18(28)11-26-20(17-7-4-8-34-17)23-10-16(21(26)31)25-22(32)33-13-14-5-2-1-3-6-14/h1-8,10,12,15H,9,11,13H2,(H,24,28)(H,25,32)(H,29,30)/t15-/m0/s1. The molecule has 0 fully saturated rings. The van der Waals surface area contributed by atoms with E-state index < -0.39 is 42.5 Å². The van der Waals surface area contributed by atoms with Gasteiger partial charge in [0.15, 0.2) is 5.82 Å². The number of amides is 2. The summed E-state index contributed by atoms with van der Waals surface area (Å²) in [6.45, 7) is -0.571. The third-order valence-corrected chi connectivity index (χ3v) is 5.31. The molecule has 2 aromatic heterocycles. The van der Waals surface area contributed by atoms with E-state index in [1.165, 1.54) is 11.3 Å². The monoisotopic (exact) mass is 484 g/mol. The molecule has 176 valence electrons. The lowest BCUT2D eigenvalue weighted by molar-refractivity contribution is -0.138. The Labute approximate surface area is 197 Å². The van der Waals surface area contributed by atoms with Gasteiger partial charge in [0.2, 0.25) is 5.91 Å².